The maximum atomic E-state index is 10.4. The number of ether oxygens (including phenoxy) is 1. The molecular weight excluding hydrogens is 451 g/mol. The van der Waals surface area contributed by atoms with Crippen molar-refractivity contribution in [3.8, 4) is 5.75 Å². The predicted molar refractivity (Wildman–Crippen MR) is 95.5 cm³/mol. The van der Waals surface area contributed by atoms with Crippen LogP contribution in [0.25, 0.3) is 11.0 Å². The van der Waals surface area contributed by atoms with E-state index in [1.54, 1.807) is 24.3 Å². The Balaban J connectivity index is 0.00000225. The van der Waals surface area contributed by atoms with Crippen LogP contribution >= 0.6 is 11.6 Å². The van der Waals surface area contributed by atoms with Crippen LogP contribution in [0.2, 0.25) is 5.02 Å². The third-order valence-corrected chi connectivity index (χ3v) is 4.46. The van der Waals surface area contributed by atoms with Gasteiger partial charge in [-0.25, -0.2) is 9.13 Å². The summed E-state index contributed by atoms with van der Waals surface area (Å²) in [5.74, 6) is 1.83. The quantitative estimate of drug-likeness (QED) is 0.416. The number of fused-ring (bicyclic) bond motifs is 1. The molecule has 0 radical (unpaired) electrons. The number of halogens is 2. The highest BCUT2D eigenvalue weighted by Gasteiger charge is 2.22. The number of hydrogen-bond acceptors (Lipinski definition) is 2. The highest BCUT2D eigenvalue weighted by molar-refractivity contribution is 6.30. The molecule has 3 aromatic rings. The van der Waals surface area contributed by atoms with Crippen LogP contribution in [0.4, 0.5) is 0 Å². The monoisotopic (exact) mass is 472 g/mol. The molecule has 1 atom stereocenters. The molecule has 25 heavy (non-hydrogen) atoms. The summed E-state index contributed by atoms with van der Waals surface area (Å²) in [5, 5.41) is 11.1. The van der Waals surface area contributed by atoms with Crippen molar-refractivity contribution in [3.05, 3.63) is 59.4 Å². The zero-order valence-corrected chi connectivity index (χ0v) is 17.2. The number of aryl methyl sites for hydroxylation is 1. The highest BCUT2D eigenvalue weighted by Crippen LogP contribution is 2.16. The first kappa shape index (κ1) is 20.0. The maximum absolute atomic E-state index is 10.4. The molecule has 0 spiro atoms. The zero-order valence-electron chi connectivity index (χ0n) is 14.3. The molecule has 4 nitrogen and oxygen atoms in total. The molecule has 1 unspecified atom stereocenters. The number of hydrogen-bond donors (Lipinski definition) is 1. The minimum absolute atomic E-state index is 0. The second-order valence-electron chi connectivity index (χ2n) is 5.81. The van der Waals surface area contributed by atoms with Crippen molar-refractivity contribution in [1.29, 1.82) is 0 Å². The Bertz CT molecular complexity index is 833. The second-order valence-corrected chi connectivity index (χ2v) is 6.25. The molecule has 1 heterocycles. The van der Waals surface area contributed by atoms with Crippen molar-refractivity contribution in [2.45, 2.75) is 33.0 Å². The number of rotatable bonds is 6. The summed E-state index contributed by atoms with van der Waals surface area (Å²) in [6, 6.07) is 15.4. The summed E-state index contributed by atoms with van der Waals surface area (Å²) in [7, 11) is 0. The van der Waals surface area contributed by atoms with E-state index in [1.165, 1.54) is 5.52 Å². The average Bonchev–Trinajstić information content (AvgIpc) is 2.86. The number of aliphatic hydroxyl groups excluding tert-OH is 1. The van der Waals surface area contributed by atoms with Gasteiger partial charge in [0.05, 0.1) is 6.54 Å². The van der Waals surface area contributed by atoms with Crippen LogP contribution in [0.1, 0.15) is 12.7 Å². The fourth-order valence-electron chi connectivity index (χ4n) is 3.03. The van der Waals surface area contributed by atoms with Gasteiger partial charge in [0.25, 0.3) is 5.82 Å². The largest absolute Gasteiger partial charge is 1.00 e. The molecule has 0 aliphatic carbocycles. The van der Waals surface area contributed by atoms with E-state index in [4.69, 9.17) is 16.3 Å². The molecule has 1 N–H and O–H groups in total. The van der Waals surface area contributed by atoms with E-state index in [2.05, 4.69) is 35.1 Å². The van der Waals surface area contributed by atoms with Crippen molar-refractivity contribution in [2.75, 3.05) is 6.61 Å². The zero-order chi connectivity index (χ0) is 17.1. The van der Waals surface area contributed by atoms with Crippen LogP contribution in [0, 0.1) is 6.92 Å². The van der Waals surface area contributed by atoms with Gasteiger partial charge in [0.2, 0.25) is 0 Å². The molecule has 2 aromatic carbocycles. The van der Waals surface area contributed by atoms with Crippen LogP contribution in [0.5, 0.6) is 5.75 Å². The molecule has 0 saturated heterocycles. The lowest BCUT2D eigenvalue weighted by molar-refractivity contribution is -0.685. The molecule has 1 aromatic heterocycles. The lowest BCUT2D eigenvalue weighted by Crippen LogP contribution is -3.00. The number of aromatic nitrogens is 2. The van der Waals surface area contributed by atoms with Crippen molar-refractivity contribution in [3.63, 3.8) is 0 Å². The molecule has 0 saturated carbocycles. The number of nitrogens with zero attached hydrogens (tertiary/aromatic N) is 2. The normalized spacial score (nSPS) is 12.0. The standard InChI is InChI=1S/C19H22ClN2O2.HI/c1-3-21-14(2)22(19-7-5-4-6-18(19)21)12-16(23)13-24-17-10-8-15(20)9-11-17;/h4-11,16,23H,3,12-13H2,1-2H3;1H/q+1;/p-1. The summed E-state index contributed by atoms with van der Waals surface area (Å²) in [6.45, 7) is 5.84. The summed E-state index contributed by atoms with van der Waals surface area (Å²) in [4.78, 5) is 0. The Morgan fingerprint density at radius 1 is 1.16 bits per heavy atom. The van der Waals surface area contributed by atoms with Crippen molar-refractivity contribution < 1.29 is 38.4 Å². The minimum atomic E-state index is -0.597. The Labute approximate surface area is 170 Å². The average molecular weight is 473 g/mol. The minimum Gasteiger partial charge on any atom is -1.00 e. The van der Waals surface area contributed by atoms with Gasteiger partial charge in [0.1, 0.15) is 25.0 Å². The van der Waals surface area contributed by atoms with Crippen molar-refractivity contribution in [2.24, 2.45) is 0 Å². The van der Waals surface area contributed by atoms with Gasteiger partial charge < -0.3 is 33.8 Å². The van der Waals surface area contributed by atoms with E-state index < -0.39 is 6.10 Å². The fourth-order valence-corrected chi connectivity index (χ4v) is 3.16. The van der Waals surface area contributed by atoms with E-state index in [0.717, 1.165) is 17.9 Å². The van der Waals surface area contributed by atoms with Gasteiger partial charge >= 0.3 is 0 Å². The molecule has 0 amide bonds. The highest BCUT2D eigenvalue weighted by atomic mass is 127. The molecule has 0 bridgehead atoms. The summed E-state index contributed by atoms with van der Waals surface area (Å²) in [5.41, 5.74) is 2.31. The Hall–Kier alpha value is -1.31. The third-order valence-electron chi connectivity index (χ3n) is 4.21. The van der Waals surface area contributed by atoms with Gasteiger partial charge in [-0.15, -0.1) is 0 Å². The molecule has 0 aliphatic rings. The Morgan fingerprint density at radius 2 is 1.84 bits per heavy atom. The van der Waals surface area contributed by atoms with Crippen LogP contribution < -0.4 is 33.3 Å². The number of benzene rings is 2. The van der Waals surface area contributed by atoms with Gasteiger partial charge in [0.15, 0.2) is 11.0 Å². The Morgan fingerprint density at radius 3 is 2.52 bits per heavy atom. The van der Waals surface area contributed by atoms with Gasteiger partial charge in [-0.1, -0.05) is 23.7 Å². The van der Waals surface area contributed by atoms with E-state index in [0.29, 0.717) is 17.3 Å². The topological polar surface area (TPSA) is 38.3 Å². The lowest BCUT2D eigenvalue weighted by atomic mass is 10.3. The Kier molecular flexibility index (Phi) is 7.10. The maximum Gasteiger partial charge on any atom is 0.254 e. The van der Waals surface area contributed by atoms with Gasteiger partial charge in [-0.2, -0.15) is 0 Å². The number of aliphatic hydroxyl groups is 1. The van der Waals surface area contributed by atoms with Gasteiger partial charge in [-0.3, -0.25) is 0 Å². The molecule has 0 fully saturated rings. The molecule has 3 rings (SSSR count). The van der Waals surface area contributed by atoms with Crippen LogP contribution in [-0.4, -0.2) is 22.4 Å². The first-order valence-corrected chi connectivity index (χ1v) is 8.52. The lowest BCUT2D eigenvalue weighted by Gasteiger charge is -2.11. The van der Waals surface area contributed by atoms with E-state index in [9.17, 15) is 5.11 Å². The van der Waals surface area contributed by atoms with E-state index >= 15 is 0 Å². The molecular formula is C19H22ClIN2O2. The fraction of sp³-hybridized carbons (Fsp3) is 0.316. The smallest absolute Gasteiger partial charge is 0.254 e. The predicted octanol–water partition coefficient (Wildman–Crippen LogP) is 0.354. The first-order valence-electron chi connectivity index (χ1n) is 8.14. The van der Waals surface area contributed by atoms with E-state index in [1.807, 2.05) is 12.1 Å². The second kappa shape index (κ2) is 8.87. The van der Waals surface area contributed by atoms with Gasteiger partial charge in [0, 0.05) is 11.9 Å². The third kappa shape index (κ3) is 4.46. The summed E-state index contributed by atoms with van der Waals surface area (Å²) < 4.78 is 10.1. The first-order chi connectivity index (χ1) is 11.6. The van der Waals surface area contributed by atoms with Crippen LogP contribution in [0.3, 0.4) is 0 Å². The SMILES string of the molecule is CCn1c(C)[n+](CC(O)COc2ccc(Cl)cc2)c2ccccc21.[I-]. The summed E-state index contributed by atoms with van der Waals surface area (Å²) in [6.07, 6.45) is -0.597. The van der Waals surface area contributed by atoms with E-state index in [-0.39, 0.29) is 30.6 Å². The number of imidazole rings is 1. The van der Waals surface area contributed by atoms with Crippen LogP contribution in [0.15, 0.2) is 48.5 Å². The van der Waals surface area contributed by atoms with Gasteiger partial charge in [-0.05, 0) is 43.3 Å². The molecule has 6 heteroatoms. The molecule has 0 aliphatic heterocycles. The van der Waals surface area contributed by atoms with Crippen LogP contribution in [-0.2, 0) is 13.1 Å². The molecule has 134 valence electrons. The number of para-hydroxylation sites is 2. The van der Waals surface area contributed by atoms with Crippen molar-refractivity contribution >= 4 is 22.6 Å². The summed E-state index contributed by atoms with van der Waals surface area (Å²) >= 11 is 5.86. The van der Waals surface area contributed by atoms with Crippen molar-refractivity contribution in [1.82, 2.24) is 4.57 Å².